The Hall–Kier alpha value is -2.09. The van der Waals surface area contributed by atoms with Crippen LogP contribution in [0.3, 0.4) is 0 Å². The Kier molecular flexibility index (Phi) is 5.25. The highest BCUT2D eigenvalue weighted by molar-refractivity contribution is 7.89. The van der Waals surface area contributed by atoms with Crippen molar-refractivity contribution in [2.45, 2.75) is 17.7 Å². The Morgan fingerprint density at radius 2 is 1.65 bits per heavy atom. The smallest absolute Gasteiger partial charge is 0.422 e. The summed E-state index contributed by atoms with van der Waals surface area (Å²) in [6.07, 6.45) is -1.38. The average Bonchev–Trinajstić information content (AvgIpc) is 2.46. The molecule has 0 radical (unpaired) electrons. The van der Waals surface area contributed by atoms with Gasteiger partial charge in [0.15, 0.2) is 16.4 Å². The number of sulfone groups is 1. The lowest BCUT2D eigenvalue weighted by molar-refractivity contribution is -0.153. The van der Waals surface area contributed by atoms with Gasteiger partial charge in [0.1, 0.15) is 5.75 Å². The molecular weight excluding hydrogens is 331 g/mol. The predicted octanol–water partition coefficient (Wildman–Crippen LogP) is 3.14. The first-order valence-corrected chi connectivity index (χ1v) is 8.43. The summed E-state index contributed by atoms with van der Waals surface area (Å²) in [5.41, 5.74) is 1.06. The van der Waals surface area contributed by atoms with Crippen molar-refractivity contribution in [3.8, 4) is 5.75 Å². The molecule has 2 rings (SSSR count). The van der Waals surface area contributed by atoms with Crippen LogP contribution >= 0.6 is 0 Å². The van der Waals surface area contributed by atoms with Crippen LogP contribution in [-0.4, -0.2) is 26.2 Å². The van der Waals surface area contributed by atoms with E-state index in [0.29, 0.717) is 11.1 Å². The second kappa shape index (κ2) is 6.99. The minimum Gasteiger partial charge on any atom is -0.484 e. The molecule has 124 valence electrons. The fourth-order valence-electron chi connectivity index (χ4n) is 1.89. The minimum atomic E-state index is -4.41. The Morgan fingerprint density at radius 1 is 1.00 bits per heavy atom. The molecule has 0 fully saturated rings. The average molecular weight is 345 g/mol. The van der Waals surface area contributed by atoms with Crippen molar-refractivity contribution in [1.29, 1.82) is 0 Å². The maximum atomic E-state index is 12.1. The molecule has 1 aromatic heterocycles. The number of hydrogen-bond acceptors (Lipinski definition) is 4. The molecule has 0 atom stereocenters. The zero-order valence-corrected chi connectivity index (χ0v) is 12.8. The lowest BCUT2D eigenvalue weighted by Gasteiger charge is -2.10. The van der Waals surface area contributed by atoms with Crippen molar-refractivity contribution in [3.05, 3.63) is 59.9 Å². The first kappa shape index (κ1) is 17.3. The lowest BCUT2D eigenvalue weighted by atomic mass is 10.2. The van der Waals surface area contributed by atoms with Crippen LogP contribution in [0.5, 0.6) is 5.75 Å². The second-order valence-corrected chi connectivity index (χ2v) is 7.01. The van der Waals surface area contributed by atoms with E-state index in [1.54, 1.807) is 18.3 Å². The van der Waals surface area contributed by atoms with Gasteiger partial charge in [0.25, 0.3) is 0 Å². The third kappa shape index (κ3) is 6.27. The zero-order chi connectivity index (χ0) is 16.9. The van der Waals surface area contributed by atoms with Crippen LogP contribution in [0, 0.1) is 0 Å². The second-order valence-electron chi connectivity index (χ2n) is 4.94. The molecule has 0 aliphatic carbocycles. The Balaban J connectivity index is 1.97. The standard InChI is InChI=1S/C15H14F3NO3S/c16-15(17,18)11-22-14-5-3-12(4-6-14)9-23(20,21)10-13-2-1-7-19-8-13/h1-8H,9-11H2. The van der Waals surface area contributed by atoms with Gasteiger partial charge < -0.3 is 4.74 Å². The van der Waals surface area contributed by atoms with E-state index in [-0.39, 0.29) is 17.3 Å². The Labute approximate surface area is 131 Å². The molecule has 0 aliphatic rings. The summed E-state index contributed by atoms with van der Waals surface area (Å²) in [6.45, 7) is -1.38. The molecular formula is C15H14F3NO3S. The molecule has 2 aromatic rings. The zero-order valence-electron chi connectivity index (χ0n) is 12.0. The van der Waals surface area contributed by atoms with Crippen LogP contribution < -0.4 is 4.74 Å². The van der Waals surface area contributed by atoms with Gasteiger partial charge in [0.2, 0.25) is 0 Å². The van der Waals surface area contributed by atoms with Gasteiger partial charge in [-0.05, 0) is 29.3 Å². The third-order valence-electron chi connectivity index (χ3n) is 2.82. The normalized spacial score (nSPS) is 12.1. The molecule has 23 heavy (non-hydrogen) atoms. The van der Waals surface area contributed by atoms with Crippen LogP contribution in [0.25, 0.3) is 0 Å². The first-order valence-electron chi connectivity index (χ1n) is 6.61. The number of nitrogens with zero attached hydrogens (tertiary/aromatic N) is 1. The molecule has 1 heterocycles. The van der Waals surface area contributed by atoms with Crippen LogP contribution in [0.2, 0.25) is 0 Å². The number of pyridine rings is 1. The number of aromatic nitrogens is 1. The van der Waals surface area contributed by atoms with Crippen molar-refractivity contribution in [3.63, 3.8) is 0 Å². The van der Waals surface area contributed by atoms with Gasteiger partial charge in [-0.3, -0.25) is 4.98 Å². The Bertz CT molecular complexity index is 729. The number of benzene rings is 1. The fraction of sp³-hybridized carbons (Fsp3) is 0.267. The van der Waals surface area contributed by atoms with Gasteiger partial charge in [0.05, 0.1) is 11.5 Å². The molecule has 8 heteroatoms. The maximum Gasteiger partial charge on any atom is 0.422 e. The van der Waals surface area contributed by atoms with Crippen molar-refractivity contribution in [2.75, 3.05) is 6.61 Å². The highest BCUT2D eigenvalue weighted by atomic mass is 32.2. The van der Waals surface area contributed by atoms with Crippen molar-refractivity contribution in [2.24, 2.45) is 0 Å². The fourth-order valence-corrected chi connectivity index (χ4v) is 3.37. The van der Waals surface area contributed by atoms with Gasteiger partial charge in [-0.1, -0.05) is 18.2 Å². The van der Waals surface area contributed by atoms with E-state index in [1.165, 1.54) is 30.5 Å². The monoisotopic (exact) mass is 345 g/mol. The van der Waals surface area contributed by atoms with E-state index in [2.05, 4.69) is 9.72 Å². The molecule has 0 saturated carbocycles. The van der Waals surface area contributed by atoms with Crippen molar-refractivity contribution < 1.29 is 26.3 Å². The summed E-state index contributed by atoms with van der Waals surface area (Å²) in [4.78, 5) is 3.85. The minimum absolute atomic E-state index is 0.0377. The molecule has 0 saturated heterocycles. The molecule has 4 nitrogen and oxygen atoms in total. The topological polar surface area (TPSA) is 56.3 Å². The highest BCUT2D eigenvalue weighted by Gasteiger charge is 2.28. The number of rotatable bonds is 6. The summed E-state index contributed by atoms with van der Waals surface area (Å²) in [6, 6.07) is 8.83. The number of alkyl halides is 3. The van der Waals surface area contributed by atoms with E-state index in [1.807, 2.05) is 0 Å². The quantitative estimate of drug-likeness (QED) is 0.807. The first-order chi connectivity index (χ1) is 10.7. The van der Waals surface area contributed by atoms with E-state index >= 15 is 0 Å². The third-order valence-corrected chi connectivity index (χ3v) is 4.37. The summed E-state index contributed by atoms with van der Waals surface area (Å²) < 4.78 is 64.9. The van der Waals surface area contributed by atoms with E-state index in [9.17, 15) is 21.6 Å². The number of hydrogen-bond donors (Lipinski definition) is 0. The lowest BCUT2D eigenvalue weighted by Crippen LogP contribution is -2.19. The van der Waals surface area contributed by atoms with E-state index < -0.39 is 22.6 Å². The Morgan fingerprint density at radius 3 is 2.22 bits per heavy atom. The van der Waals surface area contributed by atoms with Crippen molar-refractivity contribution in [1.82, 2.24) is 4.98 Å². The van der Waals surface area contributed by atoms with Gasteiger partial charge in [-0.15, -0.1) is 0 Å². The number of halogens is 3. The molecule has 0 N–H and O–H groups in total. The van der Waals surface area contributed by atoms with Crippen molar-refractivity contribution >= 4 is 9.84 Å². The van der Waals surface area contributed by atoms with Gasteiger partial charge in [-0.2, -0.15) is 13.2 Å². The van der Waals surface area contributed by atoms with Crippen LogP contribution in [0.4, 0.5) is 13.2 Å². The SMILES string of the molecule is O=S(=O)(Cc1ccc(OCC(F)(F)F)cc1)Cc1cccnc1. The van der Waals surface area contributed by atoms with Gasteiger partial charge in [0, 0.05) is 12.4 Å². The number of ether oxygens (including phenoxy) is 1. The highest BCUT2D eigenvalue weighted by Crippen LogP contribution is 2.20. The van der Waals surface area contributed by atoms with Crippen LogP contribution in [0.15, 0.2) is 48.8 Å². The van der Waals surface area contributed by atoms with E-state index in [0.717, 1.165) is 0 Å². The molecule has 0 aliphatic heterocycles. The van der Waals surface area contributed by atoms with E-state index in [4.69, 9.17) is 0 Å². The predicted molar refractivity (Wildman–Crippen MR) is 78.6 cm³/mol. The van der Waals surface area contributed by atoms with Gasteiger partial charge in [-0.25, -0.2) is 8.42 Å². The molecule has 1 aromatic carbocycles. The summed E-state index contributed by atoms with van der Waals surface area (Å²) in [5.74, 6) is -0.315. The summed E-state index contributed by atoms with van der Waals surface area (Å²) in [5, 5.41) is 0. The summed E-state index contributed by atoms with van der Waals surface area (Å²) in [7, 11) is -3.40. The molecule has 0 spiro atoms. The van der Waals surface area contributed by atoms with Crippen LogP contribution in [-0.2, 0) is 21.3 Å². The molecule has 0 unspecified atom stereocenters. The summed E-state index contributed by atoms with van der Waals surface area (Å²) >= 11 is 0. The molecule has 0 amide bonds. The van der Waals surface area contributed by atoms with Crippen LogP contribution in [0.1, 0.15) is 11.1 Å². The maximum absolute atomic E-state index is 12.1. The molecule has 0 bridgehead atoms. The largest absolute Gasteiger partial charge is 0.484 e. The van der Waals surface area contributed by atoms with Gasteiger partial charge >= 0.3 is 6.18 Å².